The molecular formula is C12H14N6. The van der Waals surface area contributed by atoms with E-state index < -0.39 is 0 Å². The fourth-order valence-electron chi connectivity index (χ4n) is 2.11. The molecule has 0 saturated heterocycles. The number of anilines is 1. The molecule has 0 radical (unpaired) electrons. The Bertz CT molecular complexity index is 693. The van der Waals surface area contributed by atoms with Crippen LogP contribution in [0.25, 0.3) is 22.7 Å². The van der Waals surface area contributed by atoms with E-state index in [2.05, 4.69) is 38.6 Å². The molecule has 0 spiro atoms. The smallest absolute Gasteiger partial charge is 0.239 e. The summed E-state index contributed by atoms with van der Waals surface area (Å²) in [6.07, 6.45) is 0. The summed E-state index contributed by atoms with van der Waals surface area (Å²) >= 11 is 0. The van der Waals surface area contributed by atoms with E-state index in [1.807, 2.05) is 24.3 Å². The standard InChI is InChI=1S/C12H14N6/c1-7(2)18-9-6-4-3-5-8(9)14-11(18)10-15-12(13)17-16-10/h3-7H,1-2H3,(H3,13,15,16,17). The first kappa shape index (κ1) is 10.8. The van der Waals surface area contributed by atoms with Crippen LogP contribution in [0.15, 0.2) is 24.3 Å². The maximum Gasteiger partial charge on any atom is 0.239 e. The molecule has 3 rings (SSSR count). The van der Waals surface area contributed by atoms with Gasteiger partial charge in [0, 0.05) is 6.04 Å². The quantitative estimate of drug-likeness (QED) is 0.719. The summed E-state index contributed by atoms with van der Waals surface area (Å²) < 4.78 is 2.12. The second-order valence-corrected chi connectivity index (χ2v) is 4.43. The number of H-pyrrole nitrogens is 1. The predicted molar refractivity (Wildman–Crippen MR) is 69.9 cm³/mol. The zero-order chi connectivity index (χ0) is 12.7. The lowest BCUT2D eigenvalue weighted by atomic mass is 10.3. The molecule has 92 valence electrons. The second kappa shape index (κ2) is 3.83. The Hall–Kier alpha value is -2.37. The molecule has 0 amide bonds. The lowest BCUT2D eigenvalue weighted by molar-refractivity contribution is 0.622. The molecule has 0 aliphatic rings. The highest BCUT2D eigenvalue weighted by molar-refractivity contribution is 5.79. The Morgan fingerprint density at radius 3 is 2.67 bits per heavy atom. The summed E-state index contributed by atoms with van der Waals surface area (Å²) in [4.78, 5) is 8.74. The van der Waals surface area contributed by atoms with Crippen molar-refractivity contribution in [2.75, 3.05) is 5.73 Å². The molecule has 1 aromatic carbocycles. The van der Waals surface area contributed by atoms with Gasteiger partial charge in [0.15, 0.2) is 11.6 Å². The van der Waals surface area contributed by atoms with Crippen LogP contribution in [-0.2, 0) is 0 Å². The number of fused-ring (bicyclic) bond motifs is 1. The van der Waals surface area contributed by atoms with Gasteiger partial charge in [0.05, 0.1) is 11.0 Å². The number of hydrogen-bond acceptors (Lipinski definition) is 4. The zero-order valence-corrected chi connectivity index (χ0v) is 10.3. The molecule has 0 unspecified atom stereocenters. The van der Waals surface area contributed by atoms with Gasteiger partial charge in [0.2, 0.25) is 5.95 Å². The van der Waals surface area contributed by atoms with Crippen LogP contribution in [0.5, 0.6) is 0 Å². The molecule has 0 aliphatic carbocycles. The third-order valence-electron chi connectivity index (χ3n) is 2.83. The molecule has 0 aliphatic heterocycles. The van der Waals surface area contributed by atoms with Crippen molar-refractivity contribution in [3.8, 4) is 11.6 Å². The van der Waals surface area contributed by atoms with E-state index in [-0.39, 0.29) is 12.0 Å². The minimum atomic E-state index is 0.229. The van der Waals surface area contributed by atoms with Gasteiger partial charge in [0.25, 0.3) is 0 Å². The monoisotopic (exact) mass is 242 g/mol. The number of nitrogens with one attached hydrogen (secondary N) is 1. The Morgan fingerprint density at radius 1 is 1.22 bits per heavy atom. The van der Waals surface area contributed by atoms with Gasteiger partial charge in [-0.15, -0.1) is 5.10 Å². The second-order valence-electron chi connectivity index (χ2n) is 4.43. The molecule has 6 heteroatoms. The third-order valence-corrected chi connectivity index (χ3v) is 2.83. The highest BCUT2D eigenvalue weighted by Crippen LogP contribution is 2.26. The zero-order valence-electron chi connectivity index (χ0n) is 10.3. The van der Waals surface area contributed by atoms with Crippen LogP contribution < -0.4 is 5.73 Å². The van der Waals surface area contributed by atoms with Crippen molar-refractivity contribution < 1.29 is 0 Å². The van der Waals surface area contributed by atoms with E-state index in [9.17, 15) is 0 Å². The first-order valence-electron chi connectivity index (χ1n) is 5.82. The third kappa shape index (κ3) is 1.54. The van der Waals surface area contributed by atoms with Gasteiger partial charge in [-0.1, -0.05) is 12.1 Å². The lowest BCUT2D eigenvalue weighted by Crippen LogP contribution is -2.03. The van der Waals surface area contributed by atoms with Crippen molar-refractivity contribution in [1.82, 2.24) is 24.7 Å². The van der Waals surface area contributed by atoms with Crippen molar-refractivity contribution in [3.05, 3.63) is 24.3 Å². The largest absolute Gasteiger partial charge is 0.366 e. The Kier molecular flexibility index (Phi) is 2.29. The van der Waals surface area contributed by atoms with E-state index in [0.717, 1.165) is 16.9 Å². The highest BCUT2D eigenvalue weighted by Gasteiger charge is 2.17. The van der Waals surface area contributed by atoms with Gasteiger partial charge in [0.1, 0.15) is 0 Å². The average Bonchev–Trinajstić information content (AvgIpc) is 2.91. The van der Waals surface area contributed by atoms with Gasteiger partial charge < -0.3 is 10.3 Å². The Labute approximate surface area is 104 Å². The van der Waals surface area contributed by atoms with Crippen LogP contribution >= 0.6 is 0 Å². The topological polar surface area (TPSA) is 85.4 Å². The molecule has 18 heavy (non-hydrogen) atoms. The summed E-state index contributed by atoms with van der Waals surface area (Å²) in [6, 6.07) is 8.28. The number of nitrogens with zero attached hydrogens (tertiary/aromatic N) is 4. The lowest BCUT2D eigenvalue weighted by Gasteiger charge is -2.11. The number of rotatable bonds is 2. The number of aromatic amines is 1. The molecule has 6 nitrogen and oxygen atoms in total. The van der Waals surface area contributed by atoms with Crippen LogP contribution in [0.4, 0.5) is 5.95 Å². The van der Waals surface area contributed by atoms with E-state index >= 15 is 0 Å². The van der Waals surface area contributed by atoms with Crippen molar-refractivity contribution >= 4 is 17.0 Å². The minimum absolute atomic E-state index is 0.229. The first-order valence-corrected chi connectivity index (χ1v) is 5.82. The predicted octanol–water partition coefficient (Wildman–Crippen LogP) is 1.98. The fourth-order valence-corrected chi connectivity index (χ4v) is 2.11. The van der Waals surface area contributed by atoms with Crippen LogP contribution in [0.2, 0.25) is 0 Å². The van der Waals surface area contributed by atoms with Gasteiger partial charge in [-0.2, -0.15) is 4.98 Å². The molecule has 0 fully saturated rings. The van der Waals surface area contributed by atoms with Crippen molar-refractivity contribution in [2.24, 2.45) is 0 Å². The minimum Gasteiger partial charge on any atom is -0.366 e. The van der Waals surface area contributed by atoms with Crippen LogP contribution in [0.1, 0.15) is 19.9 Å². The van der Waals surface area contributed by atoms with E-state index in [0.29, 0.717) is 5.82 Å². The SMILES string of the molecule is CC(C)n1c(-c2nc(N)n[nH]2)nc2ccccc21. The van der Waals surface area contributed by atoms with Crippen LogP contribution in [0, 0.1) is 0 Å². The maximum absolute atomic E-state index is 5.55. The molecule has 0 saturated carbocycles. The molecule has 2 heterocycles. The molecule has 3 aromatic rings. The van der Waals surface area contributed by atoms with Crippen molar-refractivity contribution in [1.29, 1.82) is 0 Å². The normalized spacial score (nSPS) is 11.5. The number of nitrogens with two attached hydrogens (primary N) is 1. The molecule has 0 bridgehead atoms. The summed E-state index contributed by atoms with van der Waals surface area (Å²) in [5.41, 5.74) is 7.57. The summed E-state index contributed by atoms with van der Waals surface area (Å²) in [5.74, 6) is 1.58. The number of benzene rings is 1. The van der Waals surface area contributed by atoms with Gasteiger partial charge in [-0.05, 0) is 26.0 Å². The first-order chi connectivity index (χ1) is 8.66. The van der Waals surface area contributed by atoms with Crippen LogP contribution in [-0.4, -0.2) is 24.7 Å². The Balaban J connectivity index is 2.31. The van der Waals surface area contributed by atoms with Gasteiger partial charge >= 0.3 is 0 Å². The summed E-state index contributed by atoms with van der Waals surface area (Å²) in [7, 11) is 0. The molecule has 0 atom stereocenters. The number of aromatic nitrogens is 5. The van der Waals surface area contributed by atoms with E-state index in [1.54, 1.807) is 0 Å². The fraction of sp³-hybridized carbons (Fsp3) is 0.250. The van der Waals surface area contributed by atoms with Gasteiger partial charge in [-0.25, -0.2) is 4.98 Å². The number of nitrogen functional groups attached to an aromatic ring is 1. The van der Waals surface area contributed by atoms with Crippen molar-refractivity contribution in [2.45, 2.75) is 19.9 Å². The van der Waals surface area contributed by atoms with Crippen molar-refractivity contribution in [3.63, 3.8) is 0 Å². The number of hydrogen-bond donors (Lipinski definition) is 2. The molecule has 2 aromatic heterocycles. The maximum atomic E-state index is 5.55. The highest BCUT2D eigenvalue weighted by atomic mass is 15.3. The average molecular weight is 242 g/mol. The van der Waals surface area contributed by atoms with E-state index in [1.165, 1.54) is 0 Å². The van der Waals surface area contributed by atoms with E-state index in [4.69, 9.17) is 5.73 Å². The summed E-state index contributed by atoms with van der Waals surface area (Å²) in [6.45, 7) is 4.22. The molecular weight excluding hydrogens is 228 g/mol. The van der Waals surface area contributed by atoms with Crippen LogP contribution in [0.3, 0.4) is 0 Å². The van der Waals surface area contributed by atoms with Gasteiger partial charge in [-0.3, -0.25) is 5.10 Å². The Morgan fingerprint density at radius 2 is 2.00 bits per heavy atom. The number of imidazole rings is 1. The summed E-state index contributed by atoms with van der Waals surface area (Å²) in [5, 5.41) is 6.66. The number of para-hydroxylation sites is 2. The molecule has 3 N–H and O–H groups in total.